The van der Waals surface area contributed by atoms with Crippen molar-refractivity contribution in [3.63, 3.8) is 0 Å². The van der Waals surface area contributed by atoms with Gasteiger partial charge in [-0.05, 0) is 6.92 Å². The molecule has 0 bridgehead atoms. The molecular weight excluding hydrogens is 154 g/mol. The van der Waals surface area contributed by atoms with Crippen molar-refractivity contribution < 1.29 is 4.79 Å². The fourth-order valence-corrected chi connectivity index (χ4v) is 1.47. The molecule has 0 aliphatic carbocycles. The molecule has 0 spiro atoms. The van der Waals surface area contributed by atoms with Gasteiger partial charge in [-0.15, -0.1) is 0 Å². The third kappa shape index (κ3) is 1.74. The van der Waals surface area contributed by atoms with Crippen LogP contribution in [-0.2, 0) is 4.79 Å². The second kappa shape index (κ2) is 3.55. The van der Waals surface area contributed by atoms with Gasteiger partial charge in [-0.2, -0.15) is 5.26 Å². The van der Waals surface area contributed by atoms with Crippen LogP contribution in [0.1, 0.15) is 13.3 Å². The minimum atomic E-state index is -0.302. The molecule has 1 rings (SSSR count). The highest BCUT2D eigenvalue weighted by molar-refractivity contribution is 5.82. The van der Waals surface area contributed by atoms with Crippen LogP contribution in [0.25, 0.3) is 0 Å². The van der Waals surface area contributed by atoms with Gasteiger partial charge in [-0.25, -0.2) is 0 Å². The van der Waals surface area contributed by atoms with Gasteiger partial charge in [0, 0.05) is 19.6 Å². The highest BCUT2D eigenvalue weighted by Crippen LogP contribution is 2.05. The minimum absolute atomic E-state index is 0.0228. The molecule has 0 saturated carbocycles. The van der Waals surface area contributed by atoms with E-state index >= 15 is 0 Å². The van der Waals surface area contributed by atoms with Crippen LogP contribution in [-0.4, -0.2) is 36.5 Å². The van der Waals surface area contributed by atoms with Gasteiger partial charge >= 0.3 is 0 Å². The van der Waals surface area contributed by atoms with Crippen molar-refractivity contribution in [2.24, 2.45) is 0 Å². The maximum atomic E-state index is 11.4. The summed E-state index contributed by atoms with van der Waals surface area (Å²) in [4.78, 5) is 13.0. The van der Waals surface area contributed by atoms with Crippen molar-refractivity contribution in [3.8, 4) is 6.07 Å². The highest BCUT2D eigenvalue weighted by Gasteiger charge is 2.28. The normalized spacial score (nSPS) is 30.1. The Morgan fingerprint density at radius 2 is 2.50 bits per heavy atom. The van der Waals surface area contributed by atoms with Crippen LogP contribution in [0.4, 0.5) is 0 Å². The summed E-state index contributed by atoms with van der Waals surface area (Å²) >= 11 is 0. The van der Waals surface area contributed by atoms with Gasteiger partial charge in [0.2, 0.25) is 5.91 Å². The molecule has 1 fully saturated rings. The molecule has 66 valence electrons. The molecule has 1 saturated heterocycles. The standard InChI is InChI=1S/C8H13N3O/c1-6-5-11(2)8(12)7(10-6)3-4-9/h6-7,10H,3,5H2,1-2H3. The fraction of sp³-hybridized carbons (Fsp3) is 0.750. The lowest BCUT2D eigenvalue weighted by Gasteiger charge is -2.33. The molecular formula is C8H13N3O. The Kier molecular flexibility index (Phi) is 2.66. The third-order valence-corrected chi connectivity index (χ3v) is 2.00. The SMILES string of the molecule is CC1CN(C)C(=O)C(CC#N)N1. The summed E-state index contributed by atoms with van der Waals surface area (Å²) in [6.45, 7) is 2.73. The van der Waals surface area contributed by atoms with E-state index in [0.29, 0.717) is 0 Å². The van der Waals surface area contributed by atoms with E-state index in [1.807, 2.05) is 13.0 Å². The van der Waals surface area contributed by atoms with Crippen LogP contribution in [0.5, 0.6) is 0 Å². The third-order valence-electron chi connectivity index (χ3n) is 2.00. The molecule has 2 atom stereocenters. The summed E-state index contributed by atoms with van der Waals surface area (Å²) in [6.07, 6.45) is 0.257. The average Bonchev–Trinajstić information content (AvgIpc) is 2.00. The quantitative estimate of drug-likeness (QED) is 0.584. The molecule has 0 aromatic carbocycles. The second-order valence-electron chi connectivity index (χ2n) is 3.20. The predicted octanol–water partition coefficient (Wildman–Crippen LogP) is -0.281. The number of carbonyl (C=O) groups excluding carboxylic acids is 1. The first-order chi connectivity index (χ1) is 5.65. The van der Waals surface area contributed by atoms with E-state index in [0.717, 1.165) is 6.54 Å². The molecule has 1 aliphatic rings. The summed E-state index contributed by atoms with van der Waals surface area (Å²) in [6, 6.07) is 1.98. The molecule has 0 aromatic heterocycles. The van der Waals surface area contributed by atoms with Crippen molar-refractivity contribution in [1.29, 1.82) is 5.26 Å². The van der Waals surface area contributed by atoms with E-state index in [9.17, 15) is 4.79 Å². The van der Waals surface area contributed by atoms with Crippen molar-refractivity contribution in [2.45, 2.75) is 25.4 Å². The first-order valence-electron chi connectivity index (χ1n) is 4.03. The van der Waals surface area contributed by atoms with E-state index in [4.69, 9.17) is 5.26 Å². The Morgan fingerprint density at radius 3 is 3.08 bits per heavy atom. The lowest BCUT2D eigenvalue weighted by Crippen LogP contribution is -2.57. The van der Waals surface area contributed by atoms with Gasteiger partial charge in [-0.3, -0.25) is 4.79 Å². The van der Waals surface area contributed by atoms with E-state index < -0.39 is 0 Å². The van der Waals surface area contributed by atoms with E-state index in [1.165, 1.54) is 0 Å². The lowest BCUT2D eigenvalue weighted by atomic mass is 10.1. The Labute approximate surface area is 72.2 Å². The van der Waals surface area contributed by atoms with Crippen molar-refractivity contribution in [1.82, 2.24) is 10.2 Å². The van der Waals surface area contributed by atoms with Crippen LogP contribution in [0, 0.1) is 11.3 Å². The van der Waals surface area contributed by atoms with E-state index in [2.05, 4.69) is 5.32 Å². The predicted molar refractivity (Wildman–Crippen MR) is 44.3 cm³/mol. The molecule has 0 radical (unpaired) electrons. The summed E-state index contributed by atoms with van der Waals surface area (Å²) in [5.74, 6) is 0.0228. The van der Waals surface area contributed by atoms with Gasteiger partial charge in [0.25, 0.3) is 0 Å². The zero-order valence-electron chi connectivity index (χ0n) is 7.37. The van der Waals surface area contributed by atoms with Gasteiger partial charge < -0.3 is 10.2 Å². The van der Waals surface area contributed by atoms with Crippen LogP contribution in [0.3, 0.4) is 0 Å². The maximum absolute atomic E-state index is 11.4. The van der Waals surface area contributed by atoms with Crippen LogP contribution in [0.2, 0.25) is 0 Å². The van der Waals surface area contributed by atoms with Crippen LogP contribution in [0.15, 0.2) is 0 Å². The van der Waals surface area contributed by atoms with Crippen molar-refractivity contribution >= 4 is 5.91 Å². The number of likely N-dealkylation sites (N-methyl/N-ethyl adjacent to an activating group) is 1. The number of carbonyl (C=O) groups is 1. The van der Waals surface area contributed by atoms with E-state index in [-0.39, 0.29) is 24.4 Å². The molecule has 2 unspecified atom stereocenters. The molecule has 1 heterocycles. The van der Waals surface area contributed by atoms with Gasteiger partial charge in [0.1, 0.15) is 6.04 Å². The summed E-state index contributed by atoms with van der Waals surface area (Å²) in [5, 5.41) is 11.5. The van der Waals surface area contributed by atoms with Crippen LogP contribution >= 0.6 is 0 Å². The Balaban J connectivity index is 2.61. The molecule has 0 aromatic rings. The monoisotopic (exact) mass is 167 g/mol. The molecule has 1 amide bonds. The molecule has 12 heavy (non-hydrogen) atoms. The van der Waals surface area contributed by atoms with E-state index in [1.54, 1.807) is 11.9 Å². The number of nitriles is 1. The van der Waals surface area contributed by atoms with Crippen molar-refractivity contribution in [2.75, 3.05) is 13.6 Å². The average molecular weight is 167 g/mol. The fourth-order valence-electron chi connectivity index (χ4n) is 1.47. The number of hydrogen-bond acceptors (Lipinski definition) is 3. The maximum Gasteiger partial charge on any atom is 0.240 e. The number of rotatable bonds is 1. The first-order valence-corrected chi connectivity index (χ1v) is 4.03. The Morgan fingerprint density at radius 1 is 1.83 bits per heavy atom. The number of piperazine rings is 1. The second-order valence-corrected chi connectivity index (χ2v) is 3.20. The number of amides is 1. The minimum Gasteiger partial charge on any atom is -0.343 e. The molecule has 4 nitrogen and oxygen atoms in total. The molecule has 1 N–H and O–H groups in total. The van der Waals surface area contributed by atoms with Gasteiger partial charge in [0.05, 0.1) is 12.5 Å². The summed E-state index contributed by atoms with van der Waals surface area (Å²) < 4.78 is 0. The van der Waals surface area contributed by atoms with Crippen molar-refractivity contribution in [3.05, 3.63) is 0 Å². The highest BCUT2D eigenvalue weighted by atomic mass is 16.2. The molecule has 1 aliphatic heterocycles. The first kappa shape index (κ1) is 9.01. The largest absolute Gasteiger partial charge is 0.343 e. The topological polar surface area (TPSA) is 56.1 Å². The summed E-state index contributed by atoms with van der Waals surface area (Å²) in [5.41, 5.74) is 0. The molecule has 4 heteroatoms. The smallest absolute Gasteiger partial charge is 0.240 e. The van der Waals surface area contributed by atoms with Gasteiger partial charge in [-0.1, -0.05) is 0 Å². The number of nitrogens with one attached hydrogen (secondary N) is 1. The van der Waals surface area contributed by atoms with Crippen LogP contribution < -0.4 is 5.32 Å². The number of hydrogen-bond donors (Lipinski definition) is 1. The zero-order chi connectivity index (χ0) is 9.14. The lowest BCUT2D eigenvalue weighted by molar-refractivity contribution is -0.135. The van der Waals surface area contributed by atoms with Gasteiger partial charge in [0.15, 0.2) is 0 Å². The Bertz CT molecular complexity index is 221. The Hall–Kier alpha value is -1.08. The summed E-state index contributed by atoms with van der Waals surface area (Å²) in [7, 11) is 1.77. The zero-order valence-corrected chi connectivity index (χ0v) is 7.37. The number of nitrogens with zero attached hydrogens (tertiary/aromatic N) is 2.